The maximum Gasteiger partial charge on any atom is 0.0851 e. The maximum absolute atomic E-state index is 10.5. The minimum atomic E-state index is -0.591. The van der Waals surface area contributed by atoms with E-state index in [4.69, 9.17) is 11.6 Å². The first-order chi connectivity index (χ1) is 9.75. The molecule has 2 aromatic carbocycles. The third-order valence-corrected chi connectivity index (χ3v) is 3.71. The zero-order valence-corrected chi connectivity index (χ0v) is 11.6. The lowest BCUT2D eigenvalue weighted by Crippen LogP contribution is -2.03. The van der Waals surface area contributed by atoms with Gasteiger partial charge in [0.25, 0.3) is 0 Å². The van der Waals surface area contributed by atoms with Crippen molar-refractivity contribution in [1.29, 1.82) is 0 Å². The molecule has 20 heavy (non-hydrogen) atoms. The van der Waals surface area contributed by atoms with Crippen LogP contribution >= 0.6 is 11.6 Å². The topological polar surface area (TPSA) is 33.1 Å². The molecule has 0 aliphatic carbocycles. The third-order valence-electron chi connectivity index (χ3n) is 3.38. The van der Waals surface area contributed by atoms with Crippen LogP contribution in [0.5, 0.6) is 0 Å². The molecule has 1 heterocycles. The first-order valence-electron chi connectivity index (χ1n) is 6.51. The maximum atomic E-state index is 10.5. The van der Waals surface area contributed by atoms with Gasteiger partial charge in [-0.25, -0.2) is 0 Å². The van der Waals surface area contributed by atoms with Gasteiger partial charge >= 0.3 is 0 Å². The molecule has 1 atom stereocenters. The van der Waals surface area contributed by atoms with Crippen molar-refractivity contribution in [2.75, 3.05) is 0 Å². The van der Waals surface area contributed by atoms with Gasteiger partial charge in [-0.05, 0) is 23.8 Å². The van der Waals surface area contributed by atoms with E-state index >= 15 is 0 Å². The molecule has 0 saturated carbocycles. The van der Waals surface area contributed by atoms with Crippen LogP contribution < -0.4 is 0 Å². The Morgan fingerprint density at radius 2 is 1.80 bits per heavy atom. The number of aromatic nitrogens is 1. The fourth-order valence-corrected chi connectivity index (χ4v) is 2.59. The Hall–Kier alpha value is -1.90. The normalized spacial score (nSPS) is 12.5. The number of fused-ring (bicyclic) bond motifs is 1. The SMILES string of the molecule is OC(Cc1ccccc1)c1ccc(Cl)c2cccnc12. The van der Waals surface area contributed by atoms with Crippen molar-refractivity contribution in [2.45, 2.75) is 12.5 Å². The molecule has 0 spiro atoms. The van der Waals surface area contributed by atoms with E-state index in [0.717, 1.165) is 22.0 Å². The molecule has 0 saturated heterocycles. The number of hydrogen-bond acceptors (Lipinski definition) is 2. The van der Waals surface area contributed by atoms with Gasteiger partial charge in [-0.15, -0.1) is 0 Å². The van der Waals surface area contributed by atoms with Crippen LogP contribution in [0, 0.1) is 0 Å². The molecule has 1 N–H and O–H groups in total. The van der Waals surface area contributed by atoms with Gasteiger partial charge in [0.1, 0.15) is 0 Å². The van der Waals surface area contributed by atoms with Gasteiger partial charge < -0.3 is 5.11 Å². The molecular formula is C17H14ClNO. The summed E-state index contributed by atoms with van der Waals surface area (Å²) >= 11 is 6.17. The molecule has 0 fully saturated rings. The number of aliphatic hydroxyl groups excluding tert-OH is 1. The summed E-state index contributed by atoms with van der Waals surface area (Å²) in [5.74, 6) is 0. The van der Waals surface area contributed by atoms with Crippen molar-refractivity contribution in [3.05, 3.63) is 76.9 Å². The average molecular weight is 284 g/mol. The Balaban J connectivity index is 2.00. The van der Waals surface area contributed by atoms with Gasteiger partial charge in [0.2, 0.25) is 0 Å². The lowest BCUT2D eigenvalue weighted by atomic mass is 9.99. The molecule has 3 heteroatoms. The van der Waals surface area contributed by atoms with E-state index in [2.05, 4.69) is 4.98 Å². The van der Waals surface area contributed by atoms with E-state index in [1.54, 1.807) is 6.20 Å². The van der Waals surface area contributed by atoms with Gasteiger partial charge in [0.05, 0.1) is 11.6 Å². The molecule has 3 aromatic rings. The lowest BCUT2D eigenvalue weighted by Gasteiger charge is -2.14. The van der Waals surface area contributed by atoms with Gasteiger partial charge in [-0.1, -0.05) is 48.0 Å². The molecule has 1 aromatic heterocycles. The minimum absolute atomic E-state index is 0.564. The van der Waals surface area contributed by atoms with E-state index < -0.39 is 6.10 Å². The molecule has 3 rings (SSSR count). The number of nitrogens with zero attached hydrogens (tertiary/aromatic N) is 1. The number of halogens is 1. The van der Waals surface area contributed by atoms with Gasteiger partial charge in [0, 0.05) is 28.6 Å². The van der Waals surface area contributed by atoms with Crippen LogP contribution in [-0.4, -0.2) is 10.1 Å². The van der Waals surface area contributed by atoms with Crippen LogP contribution in [0.25, 0.3) is 10.9 Å². The van der Waals surface area contributed by atoms with Crippen molar-refractivity contribution in [1.82, 2.24) is 4.98 Å². The fraction of sp³-hybridized carbons (Fsp3) is 0.118. The number of benzene rings is 2. The molecule has 2 nitrogen and oxygen atoms in total. The quantitative estimate of drug-likeness (QED) is 0.783. The highest BCUT2D eigenvalue weighted by Crippen LogP contribution is 2.29. The first-order valence-corrected chi connectivity index (χ1v) is 6.88. The van der Waals surface area contributed by atoms with Crippen molar-refractivity contribution < 1.29 is 5.11 Å². The molecule has 0 radical (unpaired) electrons. The van der Waals surface area contributed by atoms with E-state index in [9.17, 15) is 5.11 Å². The zero-order chi connectivity index (χ0) is 13.9. The molecule has 1 unspecified atom stereocenters. The third kappa shape index (κ3) is 2.53. The Bertz CT molecular complexity index is 727. The van der Waals surface area contributed by atoms with E-state index in [1.165, 1.54) is 0 Å². The standard InChI is InChI=1S/C17H14ClNO/c18-15-9-8-14(17-13(15)7-4-10-19-17)16(20)11-12-5-2-1-3-6-12/h1-10,16,20H,11H2. The summed E-state index contributed by atoms with van der Waals surface area (Å²) in [5.41, 5.74) is 2.68. The average Bonchev–Trinajstić information content (AvgIpc) is 2.49. The fourth-order valence-electron chi connectivity index (χ4n) is 2.38. The summed E-state index contributed by atoms with van der Waals surface area (Å²) < 4.78 is 0. The lowest BCUT2D eigenvalue weighted by molar-refractivity contribution is 0.180. The smallest absolute Gasteiger partial charge is 0.0851 e. The number of aliphatic hydroxyl groups is 1. The largest absolute Gasteiger partial charge is 0.388 e. The molecular weight excluding hydrogens is 270 g/mol. The highest BCUT2D eigenvalue weighted by Gasteiger charge is 2.14. The zero-order valence-electron chi connectivity index (χ0n) is 10.8. The summed E-state index contributed by atoms with van der Waals surface area (Å²) in [5, 5.41) is 12.0. The molecule has 0 aliphatic heterocycles. The first kappa shape index (κ1) is 13.1. The Morgan fingerprint density at radius 1 is 1.00 bits per heavy atom. The number of pyridine rings is 1. The molecule has 0 amide bonds. The van der Waals surface area contributed by atoms with Crippen molar-refractivity contribution >= 4 is 22.5 Å². The van der Waals surface area contributed by atoms with Gasteiger partial charge in [-0.3, -0.25) is 4.98 Å². The summed E-state index contributed by atoms with van der Waals surface area (Å²) in [6.45, 7) is 0. The highest BCUT2D eigenvalue weighted by molar-refractivity contribution is 6.35. The summed E-state index contributed by atoms with van der Waals surface area (Å²) in [6.07, 6.45) is 1.69. The summed E-state index contributed by atoms with van der Waals surface area (Å²) in [6, 6.07) is 17.4. The number of hydrogen-bond donors (Lipinski definition) is 1. The Kier molecular flexibility index (Phi) is 3.68. The second-order valence-electron chi connectivity index (χ2n) is 4.74. The molecule has 0 bridgehead atoms. The van der Waals surface area contributed by atoms with E-state index in [1.807, 2.05) is 54.6 Å². The van der Waals surface area contributed by atoms with Crippen LogP contribution in [0.1, 0.15) is 17.2 Å². The van der Waals surface area contributed by atoms with Crippen LogP contribution in [0.4, 0.5) is 0 Å². The van der Waals surface area contributed by atoms with Crippen molar-refractivity contribution in [3.8, 4) is 0 Å². The minimum Gasteiger partial charge on any atom is -0.388 e. The molecule has 100 valence electrons. The number of rotatable bonds is 3. The van der Waals surface area contributed by atoms with Crippen LogP contribution in [0.2, 0.25) is 5.02 Å². The van der Waals surface area contributed by atoms with E-state index in [0.29, 0.717) is 11.4 Å². The van der Waals surface area contributed by atoms with Gasteiger partial charge in [0.15, 0.2) is 0 Å². The summed E-state index contributed by atoms with van der Waals surface area (Å²) in [7, 11) is 0. The van der Waals surface area contributed by atoms with Crippen LogP contribution in [-0.2, 0) is 6.42 Å². The second-order valence-corrected chi connectivity index (χ2v) is 5.15. The monoisotopic (exact) mass is 283 g/mol. The van der Waals surface area contributed by atoms with Crippen LogP contribution in [0.3, 0.4) is 0 Å². The second kappa shape index (κ2) is 5.61. The predicted molar refractivity (Wildman–Crippen MR) is 81.9 cm³/mol. The van der Waals surface area contributed by atoms with Crippen molar-refractivity contribution in [2.24, 2.45) is 0 Å². The van der Waals surface area contributed by atoms with Gasteiger partial charge in [-0.2, -0.15) is 0 Å². The van der Waals surface area contributed by atoms with Crippen LogP contribution in [0.15, 0.2) is 60.8 Å². The Labute approximate surface area is 122 Å². The predicted octanol–water partition coefficient (Wildman–Crippen LogP) is 4.16. The van der Waals surface area contributed by atoms with Crippen molar-refractivity contribution in [3.63, 3.8) is 0 Å². The molecule has 0 aliphatic rings. The summed E-state index contributed by atoms with van der Waals surface area (Å²) in [4.78, 5) is 4.36. The highest BCUT2D eigenvalue weighted by atomic mass is 35.5. The van der Waals surface area contributed by atoms with E-state index in [-0.39, 0.29) is 0 Å². The Morgan fingerprint density at radius 3 is 2.60 bits per heavy atom.